The predicted molar refractivity (Wildman–Crippen MR) is 33.8 cm³/mol. The van der Waals surface area contributed by atoms with Gasteiger partial charge in [0.05, 0.1) is 6.42 Å². The van der Waals surface area contributed by atoms with Crippen LogP contribution in [0.25, 0.3) is 0 Å². The van der Waals surface area contributed by atoms with Crippen molar-refractivity contribution >= 4 is 0 Å². The van der Waals surface area contributed by atoms with Gasteiger partial charge in [-0.1, -0.05) is 0 Å². The largest absolute Gasteiger partial charge is 0.290 e. The maximum Gasteiger partial charge on any atom is 0.245 e. The molecule has 1 heterocycles. The van der Waals surface area contributed by atoms with Gasteiger partial charge in [-0.05, 0) is 5.11 Å². The van der Waals surface area contributed by atoms with E-state index in [4.69, 9.17) is 12.2 Å². The fraction of sp³-hybridized carbons (Fsp3) is 0.600. The first-order valence-electron chi connectivity index (χ1n) is 2.87. The molecule has 0 saturated heterocycles. The molecule has 1 aliphatic heterocycles. The highest BCUT2D eigenvalue weighted by atomic mass is 15.6. The Morgan fingerprint density at radius 1 is 1.80 bits per heavy atom. The second-order valence-electron chi connectivity index (χ2n) is 1.88. The zero-order valence-corrected chi connectivity index (χ0v) is 5.44. The van der Waals surface area contributed by atoms with E-state index >= 15 is 0 Å². The number of nitrogens with two attached hydrogens (primary N) is 1. The van der Waals surface area contributed by atoms with Crippen molar-refractivity contribution in [2.24, 2.45) is 21.3 Å². The van der Waals surface area contributed by atoms with E-state index in [9.17, 15) is 0 Å². The summed E-state index contributed by atoms with van der Waals surface area (Å²) < 4.78 is 1.54. The van der Waals surface area contributed by atoms with Gasteiger partial charge >= 0.3 is 0 Å². The van der Waals surface area contributed by atoms with Gasteiger partial charge in [0.25, 0.3) is 0 Å². The first-order valence-corrected chi connectivity index (χ1v) is 2.87. The third kappa shape index (κ3) is 1.36. The molecule has 2 N–H and O–H groups in total. The van der Waals surface area contributed by atoms with Crippen LogP contribution in [0, 0.1) is 12.3 Å². The van der Waals surface area contributed by atoms with E-state index < -0.39 is 0 Å². The number of hydrogen-bond acceptors (Lipinski definition) is 4. The molecule has 0 saturated carbocycles. The van der Waals surface area contributed by atoms with E-state index in [1.54, 1.807) is 4.70 Å². The molecule has 0 fully saturated rings. The highest BCUT2D eigenvalue weighted by Gasteiger charge is 2.16. The minimum atomic E-state index is -0.250. The molecule has 0 spiro atoms. The van der Waals surface area contributed by atoms with Crippen molar-refractivity contribution in [2.75, 3.05) is 6.67 Å². The fourth-order valence-corrected chi connectivity index (χ4v) is 0.598. The molecule has 5 heteroatoms. The highest BCUT2D eigenvalue weighted by molar-refractivity contribution is 4.85. The molecular formula is C5H8N5+. The van der Waals surface area contributed by atoms with Gasteiger partial charge in [-0.2, -0.15) is 0 Å². The molecule has 0 unspecified atom stereocenters. The van der Waals surface area contributed by atoms with E-state index in [1.165, 1.54) is 0 Å². The molecule has 0 aromatic carbocycles. The van der Waals surface area contributed by atoms with Crippen LogP contribution in [0.1, 0.15) is 6.42 Å². The lowest BCUT2D eigenvalue weighted by atomic mass is 10.4. The molecule has 1 rings (SSSR count). The normalized spacial score (nSPS) is 18.2. The molecule has 10 heavy (non-hydrogen) atoms. The lowest BCUT2D eigenvalue weighted by molar-refractivity contribution is -0.618. The molecule has 5 nitrogen and oxygen atoms in total. The number of terminal acetylenes is 1. The minimum Gasteiger partial charge on any atom is -0.290 e. The van der Waals surface area contributed by atoms with Crippen molar-refractivity contribution in [3.05, 3.63) is 0 Å². The maximum atomic E-state index is 5.56. The predicted octanol–water partition coefficient (Wildman–Crippen LogP) is 0.0975. The first kappa shape index (κ1) is 6.83. The van der Waals surface area contributed by atoms with E-state index in [1.807, 2.05) is 0 Å². The van der Waals surface area contributed by atoms with Crippen molar-refractivity contribution < 1.29 is 4.70 Å². The summed E-state index contributed by atoms with van der Waals surface area (Å²) in [6.45, 7) is 0.419. The summed E-state index contributed by atoms with van der Waals surface area (Å²) in [5.74, 6) is 2.43. The van der Waals surface area contributed by atoms with Crippen LogP contribution in [0.5, 0.6) is 0 Å². The number of hydrogen-bond donors (Lipinski definition) is 1. The number of nitrogens with zero attached hydrogens (tertiary/aromatic N) is 4. The van der Waals surface area contributed by atoms with Gasteiger partial charge in [0.1, 0.15) is 0 Å². The average molecular weight is 138 g/mol. The fourth-order valence-electron chi connectivity index (χ4n) is 0.598. The Balaban J connectivity index is 2.44. The Labute approximate surface area is 58.6 Å². The van der Waals surface area contributed by atoms with Gasteiger partial charge < -0.3 is 0 Å². The SMILES string of the molecule is C#CC[C@H](N)[N+]1=NN=NC1. The topological polar surface area (TPSA) is 66.1 Å². The van der Waals surface area contributed by atoms with E-state index in [0.717, 1.165) is 0 Å². The van der Waals surface area contributed by atoms with Crippen molar-refractivity contribution in [3.63, 3.8) is 0 Å². The van der Waals surface area contributed by atoms with Crippen molar-refractivity contribution in [1.82, 2.24) is 0 Å². The third-order valence-corrected chi connectivity index (χ3v) is 1.14. The van der Waals surface area contributed by atoms with Gasteiger partial charge in [0.2, 0.25) is 11.9 Å². The first-order chi connectivity index (χ1) is 4.84. The van der Waals surface area contributed by atoms with E-state index in [2.05, 4.69) is 21.5 Å². The molecule has 0 bridgehead atoms. The summed E-state index contributed by atoms with van der Waals surface area (Å²) in [5.41, 5.74) is 5.56. The summed E-state index contributed by atoms with van der Waals surface area (Å²) in [4.78, 5) is 0. The van der Waals surface area contributed by atoms with E-state index in [-0.39, 0.29) is 6.17 Å². The van der Waals surface area contributed by atoms with Crippen LogP contribution in [-0.2, 0) is 0 Å². The Morgan fingerprint density at radius 3 is 3.10 bits per heavy atom. The van der Waals surface area contributed by atoms with Crippen LogP contribution in [-0.4, -0.2) is 17.5 Å². The Bertz CT molecular complexity index is 211. The van der Waals surface area contributed by atoms with Crippen LogP contribution in [0.3, 0.4) is 0 Å². The number of rotatable bonds is 2. The smallest absolute Gasteiger partial charge is 0.245 e. The summed E-state index contributed by atoms with van der Waals surface area (Å²) in [7, 11) is 0. The van der Waals surface area contributed by atoms with Crippen LogP contribution in [0.4, 0.5) is 0 Å². The quantitative estimate of drug-likeness (QED) is 0.426. The van der Waals surface area contributed by atoms with Crippen LogP contribution in [0.2, 0.25) is 0 Å². The molecule has 0 aliphatic carbocycles. The maximum absolute atomic E-state index is 5.56. The monoisotopic (exact) mass is 138 g/mol. The Morgan fingerprint density at radius 2 is 2.60 bits per heavy atom. The molecule has 0 aromatic heterocycles. The van der Waals surface area contributed by atoms with E-state index in [0.29, 0.717) is 13.1 Å². The lowest BCUT2D eigenvalue weighted by Crippen LogP contribution is -2.32. The molecular weight excluding hydrogens is 130 g/mol. The highest BCUT2D eigenvalue weighted by Crippen LogP contribution is 1.98. The second-order valence-corrected chi connectivity index (χ2v) is 1.88. The second kappa shape index (κ2) is 3.03. The molecule has 0 amide bonds. The zero-order valence-electron chi connectivity index (χ0n) is 5.44. The van der Waals surface area contributed by atoms with Crippen LogP contribution in [0.15, 0.2) is 15.6 Å². The van der Waals surface area contributed by atoms with Gasteiger partial charge in [-0.25, -0.2) is 0 Å². The molecule has 52 valence electrons. The van der Waals surface area contributed by atoms with Crippen LogP contribution >= 0.6 is 0 Å². The summed E-state index contributed by atoms with van der Waals surface area (Å²) in [5, 5.41) is 10.6. The zero-order chi connectivity index (χ0) is 7.40. The molecule has 0 aromatic rings. The van der Waals surface area contributed by atoms with Crippen LogP contribution < -0.4 is 5.73 Å². The van der Waals surface area contributed by atoms with Gasteiger partial charge in [0, 0.05) is 0 Å². The Kier molecular flexibility index (Phi) is 2.07. The van der Waals surface area contributed by atoms with Crippen molar-refractivity contribution in [2.45, 2.75) is 12.6 Å². The van der Waals surface area contributed by atoms with Gasteiger partial charge in [0.15, 0.2) is 11.4 Å². The summed E-state index contributed by atoms with van der Waals surface area (Å²) in [6, 6.07) is 0. The van der Waals surface area contributed by atoms with Gasteiger partial charge in [-0.3, -0.25) is 5.73 Å². The average Bonchev–Trinajstić information content (AvgIpc) is 2.38. The van der Waals surface area contributed by atoms with Crippen molar-refractivity contribution in [1.29, 1.82) is 0 Å². The Hall–Kier alpha value is -1.28. The molecule has 1 atom stereocenters. The molecule has 0 radical (unpaired) electrons. The minimum absolute atomic E-state index is 0.250. The summed E-state index contributed by atoms with van der Waals surface area (Å²) in [6.07, 6.45) is 5.25. The van der Waals surface area contributed by atoms with Crippen molar-refractivity contribution in [3.8, 4) is 12.3 Å². The third-order valence-electron chi connectivity index (χ3n) is 1.14. The standard InChI is InChI=1S/C5H8N5/c1-2-3-5(6)10-4-7-8-9-10/h1,5H,3-4,6H2/q+1/t5-/m1/s1. The lowest BCUT2D eigenvalue weighted by Gasteiger charge is -2.00. The van der Waals surface area contributed by atoms with Gasteiger partial charge in [-0.15, -0.1) is 17.0 Å². The molecule has 1 aliphatic rings. The summed E-state index contributed by atoms with van der Waals surface area (Å²) >= 11 is 0.